The van der Waals surface area contributed by atoms with Gasteiger partial charge in [0.15, 0.2) is 5.43 Å². The second-order valence-corrected chi connectivity index (χ2v) is 8.29. The summed E-state index contributed by atoms with van der Waals surface area (Å²) in [7, 11) is 0. The SMILES string of the molecule is O=C(O)c1cc(=O)c2cccc(C=Cc3ccc4c(c3)CC(COCc3ccc(F)cc3)O4)c2o1. The third kappa shape index (κ3) is 5.00. The van der Waals surface area contributed by atoms with E-state index in [9.17, 15) is 19.1 Å². The van der Waals surface area contributed by atoms with Crippen molar-refractivity contribution in [2.45, 2.75) is 19.1 Å². The van der Waals surface area contributed by atoms with Crippen molar-refractivity contribution in [1.29, 1.82) is 0 Å². The lowest BCUT2D eigenvalue weighted by molar-refractivity contribution is 0.0510. The molecule has 1 aromatic heterocycles. The van der Waals surface area contributed by atoms with Crippen molar-refractivity contribution >= 4 is 29.1 Å². The van der Waals surface area contributed by atoms with Gasteiger partial charge in [0, 0.05) is 18.1 Å². The van der Waals surface area contributed by atoms with Crippen molar-refractivity contribution in [1.82, 2.24) is 0 Å². The summed E-state index contributed by atoms with van der Waals surface area (Å²) in [6.07, 6.45) is 4.26. The van der Waals surface area contributed by atoms with Gasteiger partial charge in [-0.25, -0.2) is 9.18 Å². The molecule has 0 spiro atoms. The minimum Gasteiger partial charge on any atom is -0.487 e. The molecule has 0 saturated heterocycles. The van der Waals surface area contributed by atoms with Gasteiger partial charge in [0.1, 0.15) is 23.3 Å². The fraction of sp³-hybridized carbons (Fsp3) is 0.143. The molecule has 35 heavy (non-hydrogen) atoms. The van der Waals surface area contributed by atoms with E-state index in [-0.39, 0.29) is 17.5 Å². The summed E-state index contributed by atoms with van der Waals surface area (Å²) in [5.74, 6) is -1.16. The Labute approximate surface area is 199 Å². The van der Waals surface area contributed by atoms with Gasteiger partial charge in [-0.1, -0.05) is 42.5 Å². The van der Waals surface area contributed by atoms with Crippen LogP contribution in [0.5, 0.6) is 5.75 Å². The van der Waals surface area contributed by atoms with Gasteiger partial charge in [0.05, 0.1) is 18.6 Å². The zero-order valence-electron chi connectivity index (χ0n) is 18.6. The van der Waals surface area contributed by atoms with Crippen LogP contribution in [0.15, 0.2) is 75.9 Å². The Morgan fingerprint density at radius 2 is 1.91 bits per heavy atom. The minimum absolute atomic E-state index is 0.105. The molecule has 1 aliphatic rings. The first-order valence-corrected chi connectivity index (χ1v) is 11.1. The highest BCUT2D eigenvalue weighted by Gasteiger charge is 2.23. The molecule has 3 aromatic carbocycles. The molecular formula is C28H21FO6. The highest BCUT2D eigenvalue weighted by atomic mass is 19.1. The van der Waals surface area contributed by atoms with Gasteiger partial charge < -0.3 is 19.0 Å². The Morgan fingerprint density at radius 1 is 1.09 bits per heavy atom. The summed E-state index contributed by atoms with van der Waals surface area (Å²) in [6.45, 7) is 0.799. The van der Waals surface area contributed by atoms with Crippen molar-refractivity contribution < 1.29 is 28.2 Å². The van der Waals surface area contributed by atoms with Crippen LogP contribution < -0.4 is 10.2 Å². The molecule has 1 unspecified atom stereocenters. The van der Waals surface area contributed by atoms with Crippen LogP contribution in [0.4, 0.5) is 4.39 Å². The predicted molar refractivity (Wildman–Crippen MR) is 129 cm³/mol. The van der Waals surface area contributed by atoms with Crippen LogP contribution in [0.3, 0.4) is 0 Å². The zero-order chi connectivity index (χ0) is 24.4. The number of hydrogen-bond donors (Lipinski definition) is 1. The van der Waals surface area contributed by atoms with Crippen LogP contribution in [-0.4, -0.2) is 23.8 Å². The Balaban J connectivity index is 1.28. The van der Waals surface area contributed by atoms with E-state index < -0.39 is 17.2 Å². The summed E-state index contributed by atoms with van der Waals surface area (Å²) in [5.41, 5.74) is 3.31. The summed E-state index contributed by atoms with van der Waals surface area (Å²) in [6, 6.07) is 18.1. The second kappa shape index (κ2) is 9.56. The van der Waals surface area contributed by atoms with Gasteiger partial charge in [0.2, 0.25) is 5.76 Å². The van der Waals surface area contributed by atoms with Gasteiger partial charge in [-0.15, -0.1) is 0 Å². The number of benzene rings is 3. The zero-order valence-corrected chi connectivity index (χ0v) is 18.6. The van der Waals surface area contributed by atoms with E-state index in [2.05, 4.69) is 0 Å². The largest absolute Gasteiger partial charge is 0.487 e. The standard InChI is InChI=1S/C28H21FO6/c29-21-9-5-18(6-10-21)15-33-16-22-13-20-12-17(7-11-25(20)34-22)4-8-19-2-1-3-23-24(30)14-26(28(31)32)35-27(19)23/h1-12,14,22H,13,15-16H2,(H,31,32). The Bertz CT molecular complexity index is 1490. The molecule has 1 atom stereocenters. The van der Waals surface area contributed by atoms with Crippen LogP contribution in [0, 0.1) is 5.82 Å². The number of ether oxygens (including phenoxy) is 2. The molecule has 5 rings (SSSR count). The summed E-state index contributed by atoms with van der Waals surface area (Å²) in [5, 5.41) is 9.54. The minimum atomic E-state index is -1.29. The van der Waals surface area contributed by atoms with Crippen molar-refractivity contribution in [2.24, 2.45) is 0 Å². The predicted octanol–water partition coefficient (Wildman–Crippen LogP) is 5.32. The number of rotatable bonds is 7. The lowest BCUT2D eigenvalue weighted by atomic mass is 10.0. The van der Waals surface area contributed by atoms with Crippen LogP contribution in [-0.2, 0) is 17.8 Å². The average Bonchev–Trinajstić information content (AvgIpc) is 3.26. The fourth-order valence-corrected chi connectivity index (χ4v) is 4.05. The fourth-order valence-electron chi connectivity index (χ4n) is 4.05. The Kier molecular flexibility index (Phi) is 6.16. The van der Waals surface area contributed by atoms with Crippen LogP contribution >= 0.6 is 0 Å². The number of carboxylic acids is 1. The number of hydrogen-bond acceptors (Lipinski definition) is 5. The molecule has 2 heterocycles. The lowest BCUT2D eigenvalue weighted by Gasteiger charge is -2.11. The van der Waals surface area contributed by atoms with E-state index >= 15 is 0 Å². The van der Waals surface area contributed by atoms with Crippen molar-refractivity contribution in [3.8, 4) is 5.75 Å². The maximum Gasteiger partial charge on any atom is 0.371 e. The topological polar surface area (TPSA) is 86.0 Å². The van der Waals surface area contributed by atoms with E-state index in [0.29, 0.717) is 30.6 Å². The molecule has 0 fully saturated rings. The van der Waals surface area contributed by atoms with Crippen molar-refractivity contribution in [3.63, 3.8) is 0 Å². The van der Waals surface area contributed by atoms with Crippen molar-refractivity contribution in [2.75, 3.05) is 6.61 Å². The quantitative estimate of drug-likeness (QED) is 0.367. The molecule has 0 amide bonds. The molecule has 4 aromatic rings. The van der Waals surface area contributed by atoms with Gasteiger partial charge >= 0.3 is 5.97 Å². The molecule has 0 bridgehead atoms. The van der Waals surface area contributed by atoms with E-state index in [1.165, 1.54) is 12.1 Å². The van der Waals surface area contributed by atoms with E-state index in [1.807, 2.05) is 24.3 Å². The molecule has 7 heteroatoms. The molecule has 176 valence electrons. The number of carbonyl (C=O) groups is 1. The molecular weight excluding hydrogens is 451 g/mol. The summed E-state index contributed by atoms with van der Waals surface area (Å²) < 4.78 is 30.2. The van der Waals surface area contributed by atoms with Gasteiger partial charge in [-0.2, -0.15) is 0 Å². The number of carboxylic acid groups (broad SMARTS) is 1. The van der Waals surface area contributed by atoms with Crippen molar-refractivity contribution in [3.05, 3.63) is 111 Å². The smallest absolute Gasteiger partial charge is 0.371 e. The lowest BCUT2D eigenvalue weighted by Crippen LogP contribution is -2.20. The monoisotopic (exact) mass is 472 g/mol. The first-order chi connectivity index (χ1) is 17.0. The number of fused-ring (bicyclic) bond motifs is 2. The Morgan fingerprint density at radius 3 is 2.71 bits per heavy atom. The third-order valence-electron chi connectivity index (χ3n) is 5.76. The van der Waals surface area contributed by atoms with Crippen LogP contribution in [0.2, 0.25) is 0 Å². The molecule has 0 saturated carbocycles. The average molecular weight is 472 g/mol. The number of halogens is 1. The molecule has 0 aliphatic carbocycles. The summed E-state index contributed by atoms with van der Waals surface area (Å²) >= 11 is 0. The highest BCUT2D eigenvalue weighted by Crippen LogP contribution is 2.31. The first-order valence-electron chi connectivity index (χ1n) is 11.1. The van der Waals surface area contributed by atoms with E-state index in [0.717, 1.165) is 28.5 Å². The van der Waals surface area contributed by atoms with Gasteiger partial charge in [-0.3, -0.25) is 4.79 Å². The second-order valence-electron chi connectivity index (χ2n) is 8.29. The van der Waals surface area contributed by atoms with E-state index in [4.69, 9.17) is 13.9 Å². The summed E-state index contributed by atoms with van der Waals surface area (Å²) in [4.78, 5) is 23.6. The molecule has 1 aliphatic heterocycles. The number of para-hydroxylation sites is 1. The maximum atomic E-state index is 13.0. The van der Waals surface area contributed by atoms with Gasteiger partial charge in [-0.05, 0) is 47.0 Å². The Hall–Kier alpha value is -4.23. The molecule has 6 nitrogen and oxygen atoms in total. The number of aromatic carboxylic acids is 1. The maximum absolute atomic E-state index is 13.0. The van der Waals surface area contributed by atoms with Crippen LogP contribution in [0.25, 0.3) is 23.1 Å². The molecule has 1 N–H and O–H groups in total. The van der Waals surface area contributed by atoms with Gasteiger partial charge in [0.25, 0.3) is 0 Å². The van der Waals surface area contributed by atoms with E-state index in [1.54, 1.807) is 36.4 Å². The highest BCUT2D eigenvalue weighted by molar-refractivity contribution is 5.91. The van der Waals surface area contributed by atoms with Crippen LogP contribution in [0.1, 0.15) is 32.8 Å². The molecule has 0 radical (unpaired) electrons. The first kappa shape index (κ1) is 22.6. The normalized spacial score (nSPS) is 14.8. The third-order valence-corrected chi connectivity index (χ3v) is 5.76.